The van der Waals surface area contributed by atoms with Crippen LogP contribution in [0, 0.1) is 0 Å². The minimum Gasteiger partial charge on any atom is -0.504 e. The summed E-state index contributed by atoms with van der Waals surface area (Å²) in [5.41, 5.74) is 1.14. The maximum Gasteiger partial charge on any atom is 0.338 e. The molecule has 0 aliphatic heterocycles. The van der Waals surface area contributed by atoms with Gasteiger partial charge in [-0.25, -0.2) is 4.79 Å². The first-order valence-corrected chi connectivity index (χ1v) is 8.47. The fourth-order valence-corrected chi connectivity index (χ4v) is 2.26. The van der Waals surface area contributed by atoms with Crippen LogP contribution in [0.4, 0.5) is 0 Å². The summed E-state index contributed by atoms with van der Waals surface area (Å²) in [5, 5.41) is 18.6. The van der Waals surface area contributed by atoms with Crippen LogP contribution in [0.3, 0.4) is 0 Å². The third-order valence-corrected chi connectivity index (χ3v) is 3.77. The van der Waals surface area contributed by atoms with Gasteiger partial charge in [-0.15, -0.1) is 0 Å². The summed E-state index contributed by atoms with van der Waals surface area (Å²) in [6.45, 7) is 0.291. The highest BCUT2D eigenvalue weighted by molar-refractivity contribution is 5.89. The molecule has 7 heteroatoms. The minimum absolute atomic E-state index is 0.143. The number of esters is 2. The summed E-state index contributed by atoms with van der Waals surface area (Å²) in [6, 6.07) is 11.0. The van der Waals surface area contributed by atoms with Gasteiger partial charge in [0.2, 0.25) is 0 Å². The third-order valence-electron chi connectivity index (χ3n) is 3.77. The van der Waals surface area contributed by atoms with E-state index in [0.717, 1.165) is 5.56 Å². The number of carbonyl (C=O) groups is 2. The Morgan fingerprint density at radius 1 is 0.926 bits per heavy atom. The van der Waals surface area contributed by atoms with Gasteiger partial charge < -0.3 is 24.4 Å². The molecular formula is C20H22O7. The van der Waals surface area contributed by atoms with E-state index < -0.39 is 5.97 Å². The van der Waals surface area contributed by atoms with Crippen molar-refractivity contribution in [1.29, 1.82) is 0 Å². The lowest BCUT2D eigenvalue weighted by atomic mass is 10.1. The van der Waals surface area contributed by atoms with E-state index in [1.165, 1.54) is 12.1 Å². The number of phenolic OH excluding ortho intramolecular Hbond substituents is 2. The SMILES string of the molecule is COc1ccc(C(=O)OCCCOC(=O)CCc2ccc(O)c(O)c2)cc1. The molecule has 0 aromatic heterocycles. The molecule has 2 aromatic carbocycles. The molecule has 0 radical (unpaired) electrons. The maximum atomic E-state index is 11.8. The molecule has 0 saturated heterocycles. The molecule has 0 aliphatic carbocycles. The van der Waals surface area contributed by atoms with E-state index in [1.807, 2.05) is 0 Å². The first kappa shape index (κ1) is 20.1. The molecule has 0 spiro atoms. The molecule has 0 bridgehead atoms. The quantitative estimate of drug-likeness (QED) is 0.395. The Morgan fingerprint density at radius 2 is 1.63 bits per heavy atom. The molecule has 7 nitrogen and oxygen atoms in total. The molecular weight excluding hydrogens is 352 g/mol. The number of benzene rings is 2. The molecule has 0 fully saturated rings. The Labute approximate surface area is 157 Å². The van der Waals surface area contributed by atoms with Crippen molar-refractivity contribution in [3.05, 3.63) is 53.6 Å². The van der Waals surface area contributed by atoms with Gasteiger partial charge in [-0.1, -0.05) is 6.07 Å². The summed E-state index contributed by atoms with van der Waals surface area (Å²) < 4.78 is 15.2. The second-order valence-corrected chi connectivity index (χ2v) is 5.76. The molecule has 0 amide bonds. The highest BCUT2D eigenvalue weighted by atomic mass is 16.5. The van der Waals surface area contributed by atoms with Crippen LogP contribution < -0.4 is 4.74 Å². The van der Waals surface area contributed by atoms with Gasteiger partial charge in [-0.3, -0.25) is 4.79 Å². The lowest BCUT2D eigenvalue weighted by Crippen LogP contribution is -2.11. The summed E-state index contributed by atoms with van der Waals surface area (Å²) in [4.78, 5) is 23.5. The van der Waals surface area contributed by atoms with Crippen LogP contribution in [0.5, 0.6) is 17.2 Å². The summed E-state index contributed by atoms with van der Waals surface area (Å²) in [6.07, 6.45) is 0.933. The van der Waals surface area contributed by atoms with Gasteiger partial charge in [0.1, 0.15) is 5.75 Å². The van der Waals surface area contributed by atoms with Gasteiger partial charge in [-0.05, 0) is 48.4 Å². The molecule has 0 unspecified atom stereocenters. The van der Waals surface area contributed by atoms with Crippen LogP contribution in [0.2, 0.25) is 0 Å². The number of aryl methyl sites for hydroxylation is 1. The Kier molecular flexibility index (Phi) is 7.49. The number of aromatic hydroxyl groups is 2. The second kappa shape index (κ2) is 10.1. The van der Waals surface area contributed by atoms with Crippen molar-refractivity contribution in [3.63, 3.8) is 0 Å². The zero-order valence-corrected chi connectivity index (χ0v) is 15.0. The summed E-state index contributed by atoms with van der Waals surface area (Å²) in [5.74, 6) is -0.605. The lowest BCUT2D eigenvalue weighted by molar-refractivity contribution is -0.143. The monoisotopic (exact) mass is 374 g/mol. The van der Waals surface area contributed by atoms with Crippen LogP contribution in [0.1, 0.15) is 28.8 Å². The van der Waals surface area contributed by atoms with Crippen LogP contribution in [0.25, 0.3) is 0 Å². The number of hydrogen-bond donors (Lipinski definition) is 2. The summed E-state index contributed by atoms with van der Waals surface area (Å²) >= 11 is 0. The van der Waals surface area contributed by atoms with Crippen molar-refractivity contribution in [1.82, 2.24) is 0 Å². The van der Waals surface area contributed by atoms with Crippen LogP contribution in [-0.2, 0) is 20.7 Å². The Hall–Kier alpha value is -3.22. The molecule has 0 atom stereocenters. The number of hydrogen-bond acceptors (Lipinski definition) is 7. The van der Waals surface area contributed by atoms with Gasteiger partial charge in [0.05, 0.1) is 25.9 Å². The van der Waals surface area contributed by atoms with Gasteiger partial charge in [0.15, 0.2) is 11.5 Å². The smallest absolute Gasteiger partial charge is 0.338 e. The fraction of sp³-hybridized carbons (Fsp3) is 0.300. The number of carbonyl (C=O) groups excluding carboxylic acids is 2. The van der Waals surface area contributed by atoms with Crippen molar-refractivity contribution in [3.8, 4) is 17.2 Å². The summed E-state index contributed by atoms with van der Waals surface area (Å²) in [7, 11) is 1.54. The molecule has 2 N–H and O–H groups in total. The maximum absolute atomic E-state index is 11.8. The van der Waals surface area contributed by atoms with E-state index in [0.29, 0.717) is 24.2 Å². The minimum atomic E-state index is -0.448. The average molecular weight is 374 g/mol. The first-order valence-electron chi connectivity index (χ1n) is 8.47. The van der Waals surface area contributed by atoms with Gasteiger partial charge in [0.25, 0.3) is 0 Å². The topological polar surface area (TPSA) is 102 Å². The molecule has 0 aliphatic rings. The number of rotatable bonds is 9. The van der Waals surface area contributed by atoms with Gasteiger partial charge in [0, 0.05) is 12.8 Å². The Morgan fingerprint density at radius 3 is 2.30 bits per heavy atom. The van der Waals surface area contributed by atoms with E-state index >= 15 is 0 Å². The number of methoxy groups -OCH3 is 1. The van der Waals surface area contributed by atoms with E-state index in [9.17, 15) is 19.8 Å². The lowest BCUT2D eigenvalue weighted by Gasteiger charge is -2.07. The standard InChI is InChI=1S/C20H22O7/c1-25-16-7-5-15(6-8-16)20(24)27-12-2-11-26-19(23)10-4-14-3-9-17(21)18(22)13-14/h3,5-9,13,21-22H,2,4,10-12H2,1H3. The average Bonchev–Trinajstić information content (AvgIpc) is 2.68. The molecule has 2 aromatic rings. The Bertz CT molecular complexity index is 768. The highest BCUT2D eigenvalue weighted by Gasteiger charge is 2.08. The van der Waals surface area contributed by atoms with Crippen LogP contribution in [-0.4, -0.2) is 42.5 Å². The van der Waals surface area contributed by atoms with Crippen LogP contribution >= 0.6 is 0 Å². The van der Waals surface area contributed by atoms with Crippen molar-refractivity contribution >= 4 is 11.9 Å². The molecule has 0 heterocycles. The van der Waals surface area contributed by atoms with E-state index in [4.69, 9.17) is 14.2 Å². The molecule has 27 heavy (non-hydrogen) atoms. The zero-order chi connectivity index (χ0) is 19.6. The normalized spacial score (nSPS) is 10.3. The van der Waals surface area contributed by atoms with E-state index in [-0.39, 0.29) is 37.1 Å². The number of phenols is 2. The number of ether oxygens (including phenoxy) is 3. The van der Waals surface area contributed by atoms with Gasteiger partial charge >= 0.3 is 11.9 Å². The van der Waals surface area contributed by atoms with Crippen molar-refractivity contribution < 1.29 is 34.0 Å². The molecule has 0 saturated carbocycles. The molecule has 2 rings (SSSR count). The Balaban J connectivity index is 1.60. The largest absolute Gasteiger partial charge is 0.504 e. The predicted molar refractivity (Wildman–Crippen MR) is 96.9 cm³/mol. The first-order chi connectivity index (χ1) is 13.0. The van der Waals surface area contributed by atoms with Crippen molar-refractivity contribution in [2.75, 3.05) is 20.3 Å². The second-order valence-electron chi connectivity index (χ2n) is 5.76. The van der Waals surface area contributed by atoms with E-state index in [2.05, 4.69) is 0 Å². The third kappa shape index (κ3) is 6.54. The zero-order valence-electron chi connectivity index (χ0n) is 15.0. The predicted octanol–water partition coefficient (Wildman–Crippen LogP) is 2.83. The highest BCUT2D eigenvalue weighted by Crippen LogP contribution is 2.25. The van der Waals surface area contributed by atoms with Crippen LogP contribution in [0.15, 0.2) is 42.5 Å². The molecule has 144 valence electrons. The van der Waals surface area contributed by atoms with Gasteiger partial charge in [-0.2, -0.15) is 0 Å². The van der Waals surface area contributed by atoms with Crippen molar-refractivity contribution in [2.45, 2.75) is 19.3 Å². The van der Waals surface area contributed by atoms with Crippen molar-refractivity contribution in [2.24, 2.45) is 0 Å². The van der Waals surface area contributed by atoms with E-state index in [1.54, 1.807) is 37.4 Å². The fourth-order valence-electron chi connectivity index (χ4n) is 2.26.